The fourth-order valence-corrected chi connectivity index (χ4v) is 1.82. The Hall–Kier alpha value is -2.82. The lowest BCUT2D eigenvalue weighted by molar-refractivity contribution is 0.0734. The van der Waals surface area contributed by atoms with Crippen LogP contribution in [0, 0.1) is 0 Å². The van der Waals surface area contributed by atoms with E-state index in [1.165, 1.54) is 6.39 Å². The van der Waals surface area contributed by atoms with Gasteiger partial charge in [0.15, 0.2) is 12.0 Å². The molecule has 0 radical (unpaired) electrons. The molecule has 20 heavy (non-hydrogen) atoms. The fourth-order valence-electron chi connectivity index (χ4n) is 1.82. The van der Waals surface area contributed by atoms with Crippen molar-refractivity contribution in [3.05, 3.63) is 54.4 Å². The van der Waals surface area contributed by atoms with Gasteiger partial charge in [-0.05, 0) is 30.3 Å². The number of nitrogens with zero attached hydrogens (tertiary/aromatic N) is 1. The molecule has 0 fully saturated rings. The van der Waals surface area contributed by atoms with Crippen LogP contribution in [-0.2, 0) is 0 Å². The molecule has 0 aliphatic carbocycles. The molecular weight excluding hydrogens is 258 g/mol. The summed E-state index contributed by atoms with van der Waals surface area (Å²) in [6.07, 6.45) is 1.35. The molecule has 1 heterocycles. The minimum absolute atomic E-state index is 0.416. The average molecular weight is 269 g/mol. The van der Waals surface area contributed by atoms with Crippen molar-refractivity contribution in [1.82, 2.24) is 4.98 Å². The van der Waals surface area contributed by atoms with E-state index in [0.717, 1.165) is 0 Å². The molecule has 3 aromatic rings. The summed E-state index contributed by atoms with van der Waals surface area (Å²) in [5.41, 5.74) is 1.71. The minimum atomic E-state index is -0.452. The van der Waals surface area contributed by atoms with E-state index in [-0.39, 0.29) is 0 Å². The van der Waals surface area contributed by atoms with E-state index in [0.29, 0.717) is 28.2 Å². The van der Waals surface area contributed by atoms with E-state index >= 15 is 0 Å². The molecule has 0 aliphatic heterocycles. The lowest BCUT2D eigenvalue weighted by Gasteiger charge is -2.05. The predicted molar refractivity (Wildman–Crippen MR) is 72.0 cm³/mol. The molecule has 0 N–H and O–H groups in total. The van der Waals surface area contributed by atoms with Crippen LogP contribution in [0.4, 0.5) is 0 Å². The average Bonchev–Trinajstić information content (AvgIpc) is 2.95. The Morgan fingerprint density at radius 2 is 2.05 bits per heavy atom. The van der Waals surface area contributed by atoms with E-state index in [9.17, 15) is 4.79 Å². The SMILES string of the molecule is COc1cccc(C(=O)Oc2ccc3ocnc3c2)c1. The molecule has 0 saturated carbocycles. The topological polar surface area (TPSA) is 61.6 Å². The summed E-state index contributed by atoms with van der Waals surface area (Å²) in [5, 5.41) is 0. The van der Waals surface area contributed by atoms with Gasteiger partial charge in [0, 0.05) is 6.07 Å². The fraction of sp³-hybridized carbons (Fsp3) is 0.0667. The van der Waals surface area contributed by atoms with Gasteiger partial charge in [-0.2, -0.15) is 0 Å². The van der Waals surface area contributed by atoms with Crippen molar-refractivity contribution in [3.8, 4) is 11.5 Å². The zero-order valence-corrected chi connectivity index (χ0v) is 10.7. The molecule has 0 spiro atoms. The van der Waals surface area contributed by atoms with Crippen molar-refractivity contribution in [2.24, 2.45) is 0 Å². The number of aromatic nitrogens is 1. The van der Waals surface area contributed by atoms with Gasteiger partial charge in [-0.3, -0.25) is 0 Å². The van der Waals surface area contributed by atoms with Crippen molar-refractivity contribution >= 4 is 17.1 Å². The second-order valence-electron chi connectivity index (χ2n) is 4.10. The first-order valence-electron chi connectivity index (χ1n) is 5.96. The number of hydrogen-bond donors (Lipinski definition) is 0. The number of carbonyl (C=O) groups excluding carboxylic acids is 1. The third-order valence-corrected chi connectivity index (χ3v) is 2.82. The van der Waals surface area contributed by atoms with Crippen molar-refractivity contribution in [3.63, 3.8) is 0 Å². The summed E-state index contributed by atoms with van der Waals surface area (Å²) in [7, 11) is 1.54. The van der Waals surface area contributed by atoms with E-state index in [1.807, 2.05) is 0 Å². The largest absolute Gasteiger partial charge is 0.497 e. The summed E-state index contributed by atoms with van der Waals surface area (Å²) in [5.74, 6) is 0.567. The number of methoxy groups -OCH3 is 1. The van der Waals surface area contributed by atoms with Gasteiger partial charge in [0.1, 0.15) is 17.0 Å². The third-order valence-electron chi connectivity index (χ3n) is 2.82. The van der Waals surface area contributed by atoms with Crippen LogP contribution in [0.2, 0.25) is 0 Å². The van der Waals surface area contributed by atoms with Gasteiger partial charge in [-0.1, -0.05) is 6.07 Å². The van der Waals surface area contributed by atoms with Gasteiger partial charge in [-0.25, -0.2) is 9.78 Å². The number of fused-ring (bicyclic) bond motifs is 1. The van der Waals surface area contributed by atoms with Gasteiger partial charge in [-0.15, -0.1) is 0 Å². The lowest BCUT2D eigenvalue weighted by Crippen LogP contribution is -2.08. The zero-order valence-electron chi connectivity index (χ0n) is 10.7. The Labute approximate surface area is 114 Å². The highest BCUT2D eigenvalue weighted by Crippen LogP contribution is 2.21. The van der Waals surface area contributed by atoms with Crippen LogP contribution in [-0.4, -0.2) is 18.1 Å². The first-order chi connectivity index (χ1) is 9.76. The maximum absolute atomic E-state index is 12.0. The first-order valence-corrected chi connectivity index (χ1v) is 5.96. The standard InChI is InChI=1S/C15H11NO4/c1-18-11-4-2-3-10(7-11)15(17)20-12-5-6-14-13(8-12)16-9-19-14/h2-9H,1H3. The van der Waals surface area contributed by atoms with Crippen LogP contribution >= 0.6 is 0 Å². The Bertz CT molecular complexity index is 763. The molecule has 1 aromatic heterocycles. The number of benzene rings is 2. The molecule has 0 unspecified atom stereocenters. The summed E-state index contributed by atoms with van der Waals surface area (Å²) < 4.78 is 15.5. The molecule has 5 heteroatoms. The zero-order chi connectivity index (χ0) is 13.9. The molecule has 100 valence electrons. The summed E-state index contributed by atoms with van der Waals surface area (Å²) in [4.78, 5) is 16.0. The highest BCUT2D eigenvalue weighted by Gasteiger charge is 2.10. The Balaban J connectivity index is 1.83. The smallest absolute Gasteiger partial charge is 0.343 e. The van der Waals surface area contributed by atoms with E-state index < -0.39 is 5.97 Å². The van der Waals surface area contributed by atoms with Gasteiger partial charge in [0.05, 0.1) is 12.7 Å². The van der Waals surface area contributed by atoms with E-state index in [1.54, 1.807) is 49.6 Å². The van der Waals surface area contributed by atoms with Crippen LogP contribution in [0.5, 0.6) is 11.5 Å². The van der Waals surface area contributed by atoms with Crippen molar-refractivity contribution in [2.45, 2.75) is 0 Å². The number of esters is 1. The van der Waals surface area contributed by atoms with Crippen LogP contribution in [0.1, 0.15) is 10.4 Å². The molecule has 5 nitrogen and oxygen atoms in total. The van der Waals surface area contributed by atoms with Crippen molar-refractivity contribution < 1.29 is 18.7 Å². The van der Waals surface area contributed by atoms with Crippen molar-refractivity contribution in [1.29, 1.82) is 0 Å². The Kier molecular flexibility index (Phi) is 3.09. The second-order valence-corrected chi connectivity index (χ2v) is 4.10. The summed E-state index contributed by atoms with van der Waals surface area (Å²) in [6.45, 7) is 0. The normalized spacial score (nSPS) is 10.4. The lowest BCUT2D eigenvalue weighted by atomic mass is 10.2. The predicted octanol–water partition coefficient (Wildman–Crippen LogP) is 3.06. The molecule has 3 rings (SSSR count). The third kappa shape index (κ3) is 2.33. The quantitative estimate of drug-likeness (QED) is 0.540. The Morgan fingerprint density at radius 3 is 2.90 bits per heavy atom. The van der Waals surface area contributed by atoms with Gasteiger partial charge < -0.3 is 13.9 Å². The van der Waals surface area contributed by atoms with Crippen LogP contribution < -0.4 is 9.47 Å². The number of hydrogen-bond acceptors (Lipinski definition) is 5. The first kappa shape index (κ1) is 12.2. The molecule has 0 saturated heterocycles. The monoisotopic (exact) mass is 269 g/mol. The Morgan fingerprint density at radius 1 is 1.15 bits per heavy atom. The van der Waals surface area contributed by atoms with Gasteiger partial charge in [0.25, 0.3) is 0 Å². The second kappa shape index (κ2) is 5.05. The minimum Gasteiger partial charge on any atom is -0.497 e. The van der Waals surface area contributed by atoms with Gasteiger partial charge >= 0.3 is 5.97 Å². The van der Waals surface area contributed by atoms with Crippen LogP contribution in [0.3, 0.4) is 0 Å². The van der Waals surface area contributed by atoms with Crippen LogP contribution in [0.15, 0.2) is 53.3 Å². The van der Waals surface area contributed by atoms with E-state index in [2.05, 4.69) is 4.98 Å². The van der Waals surface area contributed by atoms with Crippen molar-refractivity contribution in [2.75, 3.05) is 7.11 Å². The van der Waals surface area contributed by atoms with E-state index in [4.69, 9.17) is 13.9 Å². The highest BCUT2D eigenvalue weighted by atomic mass is 16.5. The number of carbonyl (C=O) groups is 1. The number of ether oxygens (including phenoxy) is 2. The molecule has 0 bridgehead atoms. The summed E-state index contributed by atoms with van der Waals surface area (Å²) >= 11 is 0. The summed E-state index contributed by atoms with van der Waals surface area (Å²) in [6, 6.07) is 11.8. The number of oxazole rings is 1. The maximum atomic E-state index is 12.0. The van der Waals surface area contributed by atoms with Crippen LogP contribution in [0.25, 0.3) is 11.1 Å². The molecular formula is C15H11NO4. The molecule has 0 atom stereocenters. The number of rotatable bonds is 3. The molecule has 0 amide bonds. The molecule has 2 aromatic carbocycles. The highest BCUT2D eigenvalue weighted by molar-refractivity contribution is 5.91. The molecule has 0 aliphatic rings. The maximum Gasteiger partial charge on any atom is 0.343 e. The van der Waals surface area contributed by atoms with Gasteiger partial charge in [0.2, 0.25) is 0 Å².